The monoisotopic (exact) mass is 323 g/mol. The quantitative estimate of drug-likeness (QED) is 0.736. The van der Waals surface area contributed by atoms with Gasteiger partial charge >= 0.3 is 11.6 Å². The fourth-order valence-corrected chi connectivity index (χ4v) is 2.66. The van der Waals surface area contributed by atoms with E-state index in [2.05, 4.69) is 5.32 Å². The van der Waals surface area contributed by atoms with Gasteiger partial charge in [0.2, 0.25) is 0 Å². The van der Waals surface area contributed by atoms with Crippen molar-refractivity contribution in [1.82, 2.24) is 4.73 Å². The number of carbonyl (C=O) groups is 1. The molecule has 24 heavy (non-hydrogen) atoms. The van der Waals surface area contributed by atoms with E-state index in [0.717, 1.165) is 11.1 Å². The van der Waals surface area contributed by atoms with E-state index in [-0.39, 0.29) is 22.4 Å². The highest BCUT2D eigenvalue weighted by molar-refractivity contribution is 6.03. The summed E-state index contributed by atoms with van der Waals surface area (Å²) >= 11 is 0. The molecule has 0 spiro atoms. The summed E-state index contributed by atoms with van der Waals surface area (Å²) in [6, 6.07) is 12.2. The van der Waals surface area contributed by atoms with Crippen LogP contribution in [0.3, 0.4) is 0 Å². The van der Waals surface area contributed by atoms with Crippen LogP contribution in [-0.4, -0.2) is 10.6 Å². The summed E-state index contributed by atoms with van der Waals surface area (Å²) in [5.41, 5.74) is 2.57. The summed E-state index contributed by atoms with van der Waals surface area (Å²) in [4.78, 5) is 25.3. The minimum absolute atomic E-state index is 0.0624. The summed E-state index contributed by atoms with van der Waals surface area (Å²) < 4.78 is 1.15. The lowest BCUT2D eigenvalue weighted by Gasteiger charge is -2.16. The number of hydrogen-bond donors (Lipinski definition) is 1. The van der Waals surface area contributed by atoms with Gasteiger partial charge in [0.15, 0.2) is 0 Å². The molecule has 6 heteroatoms. The summed E-state index contributed by atoms with van der Waals surface area (Å²) in [5, 5.41) is 15.1. The number of amides is 1. The summed E-state index contributed by atoms with van der Waals surface area (Å²) in [6.07, 6.45) is 0. The summed E-state index contributed by atoms with van der Waals surface area (Å²) in [6.45, 7) is 5.14. The third-order valence-corrected chi connectivity index (χ3v) is 4.03. The first-order valence-corrected chi connectivity index (χ1v) is 7.53. The molecule has 6 nitrogen and oxygen atoms in total. The molecule has 0 aliphatic heterocycles. The number of para-hydroxylation sites is 1. The highest BCUT2D eigenvalue weighted by Crippen LogP contribution is 2.18. The van der Waals surface area contributed by atoms with Crippen LogP contribution < -0.4 is 9.74 Å². The van der Waals surface area contributed by atoms with Crippen molar-refractivity contribution in [3.05, 3.63) is 75.1 Å². The lowest BCUT2D eigenvalue weighted by atomic mass is 10.1. The molecule has 122 valence electrons. The largest absolute Gasteiger partial charge is 0.805 e. The molecular weight excluding hydrogens is 306 g/mol. The number of anilines is 1. The average molecular weight is 323 g/mol. The number of carbonyl (C=O) groups excluding carboxylic acids is 1. The van der Waals surface area contributed by atoms with Crippen molar-refractivity contribution in [3.63, 3.8) is 0 Å². The molecule has 2 aromatic carbocycles. The highest BCUT2D eigenvalue weighted by Gasteiger charge is 2.27. The van der Waals surface area contributed by atoms with E-state index < -0.39 is 5.91 Å². The molecule has 3 aromatic rings. The molecule has 1 heterocycles. The van der Waals surface area contributed by atoms with Gasteiger partial charge < -0.3 is 15.3 Å². The minimum Gasteiger partial charge on any atom is -0.805 e. The third kappa shape index (κ3) is 2.52. The number of aromatic nitrogens is 2. The first-order valence-electron chi connectivity index (χ1n) is 7.53. The maximum absolute atomic E-state index is 12.7. The standard InChI is InChI=1S/C18H17N3O3/c1-11-8-9-15-16(10-11)21(24)17(13(3)20(15)23)18(22)19-14-7-5-4-6-12(14)2/h4-10H,1-3H3,(H,19,22). The Kier molecular flexibility index (Phi) is 3.81. The van der Waals surface area contributed by atoms with Crippen molar-refractivity contribution in [2.24, 2.45) is 0 Å². The van der Waals surface area contributed by atoms with Crippen molar-refractivity contribution in [1.29, 1.82) is 0 Å². The smallest absolute Gasteiger partial charge is 0.346 e. The molecule has 0 aliphatic rings. The van der Waals surface area contributed by atoms with E-state index in [1.165, 1.54) is 6.92 Å². The molecule has 0 bridgehead atoms. The van der Waals surface area contributed by atoms with E-state index in [9.17, 15) is 14.9 Å². The molecule has 1 N–H and O–H groups in total. The SMILES string of the molecule is Cc1ccc2c(c1)[n+](=O)c(C(=O)Nc1ccccc1C)c(C)n2[O-]. The number of aryl methyl sites for hydroxylation is 2. The Labute approximate surface area is 138 Å². The van der Waals surface area contributed by atoms with Gasteiger partial charge in [-0.1, -0.05) is 24.3 Å². The summed E-state index contributed by atoms with van der Waals surface area (Å²) in [7, 11) is 0. The molecule has 0 saturated carbocycles. The molecule has 0 unspecified atom stereocenters. The van der Waals surface area contributed by atoms with Crippen LogP contribution in [0.5, 0.6) is 0 Å². The number of nitrogens with one attached hydrogen (secondary N) is 1. The zero-order chi connectivity index (χ0) is 17.4. The molecule has 0 fully saturated rings. The number of rotatable bonds is 2. The zero-order valence-electron chi connectivity index (χ0n) is 13.7. The molecule has 3 rings (SSSR count). The maximum Gasteiger partial charge on any atom is 0.346 e. The second-order valence-corrected chi connectivity index (χ2v) is 5.78. The van der Waals surface area contributed by atoms with E-state index in [1.54, 1.807) is 30.3 Å². The van der Waals surface area contributed by atoms with E-state index >= 15 is 0 Å². The Morgan fingerprint density at radius 1 is 1.12 bits per heavy atom. The molecule has 0 atom stereocenters. The normalized spacial score (nSPS) is 10.8. The summed E-state index contributed by atoms with van der Waals surface area (Å²) in [5.74, 6) is -0.607. The number of benzene rings is 2. The van der Waals surface area contributed by atoms with Gasteiger partial charge in [0, 0.05) is 16.7 Å². The van der Waals surface area contributed by atoms with Crippen LogP contribution in [0.4, 0.5) is 5.69 Å². The number of fused-ring (bicyclic) bond motifs is 1. The van der Waals surface area contributed by atoms with Crippen LogP contribution >= 0.6 is 0 Å². The molecule has 1 amide bonds. The second-order valence-electron chi connectivity index (χ2n) is 5.78. The fourth-order valence-electron chi connectivity index (χ4n) is 2.66. The maximum atomic E-state index is 12.7. The Bertz CT molecular complexity index is 1020. The number of hydrogen-bond acceptors (Lipinski definition) is 3. The fraction of sp³-hybridized carbons (Fsp3) is 0.167. The lowest BCUT2D eigenvalue weighted by Crippen LogP contribution is -2.33. The second kappa shape index (κ2) is 5.81. The lowest BCUT2D eigenvalue weighted by molar-refractivity contribution is -0.468. The van der Waals surface area contributed by atoms with Gasteiger partial charge in [0.25, 0.3) is 5.52 Å². The third-order valence-electron chi connectivity index (χ3n) is 4.03. The average Bonchev–Trinajstić information content (AvgIpc) is 2.55. The van der Waals surface area contributed by atoms with E-state index in [0.29, 0.717) is 14.8 Å². The first-order chi connectivity index (χ1) is 11.4. The van der Waals surface area contributed by atoms with Gasteiger partial charge in [-0.15, -0.1) is 0 Å². The molecule has 0 saturated heterocycles. The molecule has 0 radical (unpaired) electrons. The van der Waals surface area contributed by atoms with Gasteiger partial charge in [-0.05, 0) is 44.0 Å². The zero-order valence-corrected chi connectivity index (χ0v) is 13.7. The molecular formula is C18H17N3O3. The van der Waals surface area contributed by atoms with Crippen molar-refractivity contribution < 1.29 is 9.22 Å². The molecule has 0 aliphatic carbocycles. The topological polar surface area (TPSA) is 80.1 Å². The Morgan fingerprint density at radius 2 is 1.83 bits per heavy atom. The van der Waals surface area contributed by atoms with Crippen molar-refractivity contribution in [2.45, 2.75) is 20.8 Å². The van der Waals surface area contributed by atoms with Crippen LogP contribution in [-0.2, 0) is 0 Å². The van der Waals surface area contributed by atoms with Crippen molar-refractivity contribution >= 4 is 22.6 Å². The Morgan fingerprint density at radius 3 is 2.54 bits per heavy atom. The van der Waals surface area contributed by atoms with Crippen LogP contribution in [0.25, 0.3) is 11.0 Å². The van der Waals surface area contributed by atoms with Gasteiger partial charge in [0.1, 0.15) is 5.52 Å². The highest BCUT2D eigenvalue weighted by atomic mass is 16.5. The van der Waals surface area contributed by atoms with E-state index in [1.807, 2.05) is 26.0 Å². The predicted octanol–water partition coefficient (Wildman–Crippen LogP) is 3.08. The Balaban J connectivity index is 2.17. The predicted molar refractivity (Wildman–Crippen MR) is 92.7 cm³/mol. The van der Waals surface area contributed by atoms with Gasteiger partial charge in [-0.25, -0.2) is 0 Å². The van der Waals surface area contributed by atoms with Crippen LogP contribution in [0.2, 0.25) is 0 Å². The van der Waals surface area contributed by atoms with Gasteiger partial charge in [-0.3, -0.25) is 4.79 Å². The van der Waals surface area contributed by atoms with E-state index in [4.69, 9.17) is 0 Å². The van der Waals surface area contributed by atoms with Crippen molar-refractivity contribution in [3.8, 4) is 0 Å². The first kappa shape index (κ1) is 15.7. The van der Waals surface area contributed by atoms with Crippen LogP contribution in [0, 0.1) is 30.9 Å². The van der Waals surface area contributed by atoms with Crippen molar-refractivity contribution in [2.75, 3.05) is 5.32 Å². The van der Waals surface area contributed by atoms with Crippen LogP contribution in [0.15, 0.2) is 42.5 Å². The Hall–Kier alpha value is -3.15. The van der Waals surface area contributed by atoms with Gasteiger partial charge in [-0.2, -0.15) is 0 Å². The minimum atomic E-state index is -0.607. The number of nitrogens with zero attached hydrogens (tertiary/aromatic N) is 2. The van der Waals surface area contributed by atoms with Gasteiger partial charge in [0.05, 0.1) is 10.1 Å². The van der Waals surface area contributed by atoms with Crippen LogP contribution in [0.1, 0.15) is 27.3 Å². The molecule has 1 aromatic heterocycles.